The van der Waals surface area contributed by atoms with Gasteiger partial charge in [-0.2, -0.15) is 4.98 Å². The van der Waals surface area contributed by atoms with Gasteiger partial charge < -0.3 is 20.1 Å². The van der Waals surface area contributed by atoms with Crippen LogP contribution in [0.3, 0.4) is 0 Å². The number of rotatable bonds is 8. The highest BCUT2D eigenvalue weighted by atomic mass is 15.2. The first-order chi connectivity index (χ1) is 14.6. The summed E-state index contributed by atoms with van der Waals surface area (Å²) in [7, 11) is 4.21. The largest absolute Gasteiger partial charge is 0.347 e. The standard InChI is InChI=1S/C23H27N7/c1-17-6-4-7-19(14-17)26-22-24-16-25-23(28-22)27-20-8-9-21-18(15-20)10-13-30(21)12-5-11-29(2)3/h4,6-10,13-16H,5,11-12H2,1-3H3,(H2,24,25,26,27,28). The van der Waals surface area contributed by atoms with Gasteiger partial charge in [0.15, 0.2) is 0 Å². The van der Waals surface area contributed by atoms with Crippen molar-refractivity contribution in [1.82, 2.24) is 24.4 Å². The van der Waals surface area contributed by atoms with Gasteiger partial charge in [-0.25, -0.2) is 9.97 Å². The molecule has 7 heteroatoms. The van der Waals surface area contributed by atoms with Crippen LogP contribution in [-0.4, -0.2) is 45.1 Å². The van der Waals surface area contributed by atoms with Crippen molar-refractivity contribution in [3.05, 3.63) is 66.6 Å². The van der Waals surface area contributed by atoms with E-state index in [2.05, 4.69) is 92.6 Å². The van der Waals surface area contributed by atoms with Crippen LogP contribution in [0.25, 0.3) is 10.9 Å². The average Bonchev–Trinajstić information content (AvgIpc) is 3.10. The van der Waals surface area contributed by atoms with Gasteiger partial charge in [-0.3, -0.25) is 0 Å². The van der Waals surface area contributed by atoms with Crippen molar-refractivity contribution in [2.24, 2.45) is 0 Å². The van der Waals surface area contributed by atoms with Crippen LogP contribution in [0.2, 0.25) is 0 Å². The number of hydrogen-bond donors (Lipinski definition) is 2. The Balaban J connectivity index is 1.46. The highest BCUT2D eigenvalue weighted by Crippen LogP contribution is 2.23. The number of nitrogens with one attached hydrogen (secondary N) is 2. The summed E-state index contributed by atoms with van der Waals surface area (Å²) >= 11 is 0. The molecular formula is C23H27N7. The molecule has 0 aliphatic heterocycles. The maximum atomic E-state index is 4.48. The van der Waals surface area contributed by atoms with Crippen LogP contribution in [0.1, 0.15) is 12.0 Å². The molecule has 2 aromatic heterocycles. The van der Waals surface area contributed by atoms with E-state index in [1.165, 1.54) is 22.8 Å². The molecule has 4 rings (SSSR count). The van der Waals surface area contributed by atoms with Gasteiger partial charge in [-0.15, -0.1) is 0 Å². The second-order valence-corrected chi connectivity index (χ2v) is 7.69. The Hall–Kier alpha value is -3.45. The van der Waals surface area contributed by atoms with Gasteiger partial charge in [-0.1, -0.05) is 12.1 Å². The maximum Gasteiger partial charge on any atom is 0.232 e. The monoisotopic (exact) mass is 401 g/mol. The Morgan fingerprint density at radius 2 is 1.70 bits per heavy atom. The Labute approximate surface area is 176 Å². The van der Waals surface area contributed by atoms with Gasteiger partial charge >= 0.3 is 0 Å². The van der Waals surface area contributed by atoms with Crippen molar-refractivity contribution in [2.45, 2.75) is 19.9 Å². The molecule has 0 spiro atoms. The van der Waals surface area contributed by atoms with Gasteiger partial charge in [0.05, 0.1) is 0 Å². The number of fused-ring (bicyclic) bond motifs is 1. The molecule has 0 fully saturated rings. The first kappa shape index (κ1) is 19.8. The summed E-state index contributed by atoms with van der Waals surface area (Å²) in [6.07, 6.45) is 4.78. The molecule has 0 atom stereocenters. The third-order valence-electron chi connectivity index (χ3n) is 4.88. The first-order valence-corrected chi connectivity index (χ1v) is 10.1. The third-order valence-corrected chi connectivity index (χ3v) is 4.88. The predicted octanol–water partition coefficient (Wildman–Crippen LogP) is 4.57. The molecule has 0 unspecified atom stereocenters. The first-order valence-electron chi connectivity index (χ1n) is 10.1. The molecule has 0 saturated carbocycles. The lowest BCUT2D eigenvalue weighted by molar-refractivity contribution is 0.388. The Morgan fingerprint density at radius 1 is 0.933 bits per heavy atom. The van der Waals surface area contributed by atoms with Gasteiger partial charge in [0.25, 0.3) is 0 Å². The lowest BCUT2D eigenvalue weighted by atomic mass is 10.2. The molecule has 154 valence electrons. The predicted molar refractivity (Wildman–Crippen MR) is 123 cm³/mol. The van der Waals surface area contributed by atoms with Gasteiger partial charge in [0.1, 0.15) is 6.33 Å². The van der Waals surface area contributed by atoms with E-state index in [-0.39, 0.29) is 0 Å². The van der Waals surface area contributed by atoms with Crippen molar-refractivity contribution in [1.29, 1.82) is 0 Å². The molecule has 2 heterocycles. The molecule has 2 aromatic carbocycles. The number of nitrogens with zero attached hydrogens (tertiary/aromatic N) is 5. The fourth-order valence-corrected chi connectivity index (χ4v) is 3.43. The van der Waals surface area contributed by atoms with E-state index in [9.17, 15) is 0 Å². The number of aryl methyl sites for hydroxylation is 2. The van der Waals surface area contributed by atoms with Crippen LogP contribution in [0.5, 0.6) is 0 Å². The zero-order valence-electron chi connectivity index (χ0n) is 17.6. The Kier molecular flexibility index (Phi) is 5.90. The molecule has 2 N–H and O–H groups in total. The van der Waals surface area contributed by atoms with Gasteiger partial charge in [0, 0.05) is 35.0 Å². The Bertz CT molecular complexity index is 1130. The van der Waals surface area contributed by atoms with Crippen LogP contribution in [0.4, 0.5) is 23.3 Å². The number of hydrogen-bond acceptors (Lipinski definition) is 6. The SMILES string of the molecule is Cc1cccc(Nc2ncnc(Nc3ccc4c(ccn4CCCN(C)C)c3)n2)c1. The summed E-state index contributed by atoms with van der Waals surface area (Å²) in [5, 5.41) is 7.70. The maximum absolute atomic E-state index is 4.48. The van der Waals surface area contributed by atoms with E-state index < -0.39 is 0 Å². The fraction of sp³-hybridized carbons (Fsp3) is 0.261. The van der Waals surface area contributed by atoms with Crippen molar-refractivity contribution >= 4 is 34.2 Å². The summed E-state index contributed by atoms with van der Waals surface area (Å²) in [5.74, 6) is 1.01. The zero-order chi connectivity index (χ0) is 20.9. The summed E-state index contributed by atoms with van der Waals surface area (Å²) in [5.41, 5.74) is 4.30. The van der Waals surface area contributed by atoms with E-state index in [1.54, 1.807) is 0 Å². The lowest BCUT2D eigenvalue weighted by Gasteiger charge is -2.11. The molecule has 0 bridgehead atoms. The minimum Gasteiger partial charge on any atom is -0.347 e. The molecule has 0 radical (unpaired) electrons. The van der Waals surface area contributed by atoms with E-state index in [4.69, 9.17) is 0 Å². The van der Waals surface area contributed by atoms with Gasteiger partial charge in [0.2, 0.25) is 11.9 Å². The van der Waals surface area contributed by atoms with E-state index in [0.717, 1.165) is 30.9 Å². The molecular weight excluding hydrogens is 374 g/mol. The van der Waals surface area contributed by atoms with Gasteiger partial charge in [-0.05, 0) is 75.9 Å². The van der Waals surface area contributed by atoms with Crippen LogP contribution in [0.15, 0.2) is 61.1 Å². The molecule has 0 aliphatic carbocycles. The van der Waals surface area contributed by atoms with Crippen molar-refractivity contribution < 1.29 is 0 Å². The van der Waals surface area contributed by atoms with Crippen molar-refractivity contribution in [3.8, 4) is 0 Å². The van der Waals surface area contributed by atoms with Crippen LogP contribution < -0.4 is 10.6 Å². The molecule has 0 amide bonds. The second kappa shape index (κ2) is 8.92. The molecule has 0 aliphatic rings. The van der Waals surface area contributed by atoms with Crippen molar-refractivity contribution in [2.75, 3.05) is 31.3 Å². The normalized spacial score (nSPS) is 11.2. The smallest absolute Gasteiger partial charge is 0.232 e. The summed E-state index contributed by atoms with van der Waals surface area (Å²) < 4.78 is 2.30. The van der Waals surface area contributed by atoms with Crippen LogP contribution in [0, 0.1) is 6.92 Å². The average molecular weight is 402 g/mol. The fourth-order valence-electron chi connectivity index (χ4n) is 3.43. The number of anilines is 4. The highest BCUT2D eigenvalue weighted by molar-refractivity contribution is 5.84. The minimum absolute atomic E-state index is 0.505. The van der Waals surface area contributed by atoms with E-state index in [0.29, 0.717) is 11.9 Å². The number of benzene rings is 2. The van der Waals surface area contributed by atoms with Crippen molar-refractivity contribution in [3.63, 3.8) is 0 Å². The van der Waals surface area contributed by atoms with Crippen LogP contribution >= 0.6 is 0 Å². The number of aromatic nitrogens is 4. The summed E-state index contributed by atoms with van der Waals surface area (Å²) in [6.45, 7) is 4.14. The highest BCUT2D eigenvalue weighted by Gasteiger charge is 2.06. The van der Waals surface area contributed by atoms with Crippen LogP contribution in [-0.2, 0) is 6.54 Å². The third kappa shape index (κ3) is 4.93. The topological polar surface area (TPSA) is 70.9 Å². The lowest BCUT2D eigenvalue weighted by Crippen LogP contribution is -2.14. The Morgan fingerprint density at radius 3 is 2.43 bits per heavy atom. The minimum atomic E-state index is 0.505. The second-order valence-electron chi connectivity index (χ2n) is 7.69. The molecule has 0 saturated heterocycles. The van der Waals surface area contributed by atoms with E-state index >= 15 is 0 Å². The molecule has 30 heavy (non-hydrogen) atoms. The molecule has 7 nitrogen and oxygen atoms in total. The molecule has 4 aromatic rings. The quantitative estimate of drug-likeness (QED) is 0.451. The zero-order valence-corrected chi connectivity index (χ0v) is 17.6. The summed E-state index contributed by atoms with van der Waals surface area (Å²) in [6, 6.07) is 16.6. The summed E-state index contributed by atoms with van der Waals surface area (Å²) in [4.78, 5) is 15.2. The van der Waals surface area contributed by atoms with E-state index in [1.807, 2.05) is 18.2 Å².